The minimum Gasteiger partial charge on any atom is -0.855 e. The van der Waals surface area contributed by atoms with Crippen molar-refractivity contribution in [3.05, 3.63) is 275 Å². The van der Waals surface area contributed by atoms with E-state index < -0.39 is 56.7 Å². The summed E-state index contributed by atoms with van der Waals surface area (Å²) in [4.78, 5) is 81.4. The summed E-state index contributed by atoms with van der Waals surface area (Å²) in [5.74, 6) is 22.2. The van der Waals surface area contributed by atoms with Crippen LogP contribution in [0.25, 0.3) is 21.8 Å². The number of hydrogen-bond acceptors (Lipinski definition) is 25. The number of fused-ring (bicyclic) bond motifs is 2. The van der Waals surface area contributed by atoms with Crippen molar-refractivity contribution in [2.24, 2.45) is 23.4 Å². The third-order valence-electron chi connectivity index (χ3n) is 15.8. The van der Waals surface area contributed by atoms with E-state index in [0.717, 1.165) is 85.7 Å². The Hall–Kier alpha value is -9.07. The summed E-state index contributed by atoms with van der Waals surface area (Å²) in [6, 6.07) is 62.8. The maximum absolute atomic E-state index is 11.8. The second kappa shape index (κ2) is 87.7. The van der Waals surface area contributed by atoms with E-state index in [9.17, 15) is 33.6 Å². The minimum absolute atomic E-state index is 0. The van der Waals surface area contributed by atoms with Gasteiger partial charge < -0.3 is 69.5 Å². The molecule has 2 aromatic heterocycles. The van der Waals surface area contributed by atoms with Gasteiger partial charge in [-0.25, -0.2) is 24.0 Å². The zero-order valence-corrected chi connectivity index (χ0v) is 97.9. The number of nitrogens with one attached hydrogen (secondary N) is 6. The number of hydrazine groups is 3. The number of ether oxygens (including phenoxy) is 8. The molecular weight excluding hydrogens is 2250 g/mol. The summed E-state index contributed by atoms with van der Waals surface area (Å²) < 4.78 is 39.8. The number of Topliss-reactive ketones (excluding diaryl/α,β-unsaturated/α-hetero) is 1. The monoisotopic (exact) mass is 2390 g/mol. The first-order valence-corrected chi connectivity index (χ1v) is 56.1. The fourth-order valence-electron chi connectivity index (χ4n) is 9.24. The Bertz CT molecular complexity index is 5250. The zero-order valence-electron chi connectivity index (χ0n) is 84.4. The normalized spacial score (nSPS) is 9.30. The van der Waals surface area contributed by atoms with Crippen LogP contribution in [0.5, 0.6) is 17.2 Å². The number of hydrogen-bond donors (Lipinski definition) is 13. The predicted molar refractivity (Wildman–Crippen MR) is 602 cm³/mol. The Balaban J connectivity index is -0.000000351. The van der Waals surface area contributed by atoms with Crippen LogP contribution in [0.4, 0.5) is 37.1 Å². The van der Waals surface area contributed by atoms with E-state index in [1.54, 1.807) is 97.5 Å². The van der Waals surface area contributed by atoms with Crippen molar-refractivity contribution in [3.8, 4) is 40.7 Å². The maximum atomic E-state index is 11.8. The Morgan fingerprint density at radius 3 is 1.21 bits per heavy atom. The number of H-pyrrole nitrogens is 2. The van der Waals surface area contributed by atoms with Gasteiger partial charge in [0.25, 0.3) is 5.78 Å². The van der Waals surface area contributed by atoms with Crippen LogP contribution < -0.4 is 105 Å². The molecular formula is C101H140Cl4I3N12NaO17Si2. The van der Waals surface area contributed by atoms with Crippen LogP contribution in [0.1, 0.15) is 114 Å². The molecule has 0 radical (unpaired) electrons. The van der Waals surface area contributed by atoms with E-state index in [4.69, 9.17) is 103 Å². The summed E-state index contributed by atoms with van der Waals surface area (Å²) in [5.41, 5.74) is 38.5. The van der Waals surface area contributed by atoms with Crippen LogP contribution in [0.2, 0.25) is 39.3 Å². The molecule has 11 aromatic rings. The molecule has 0 saturated carbocycles. The van der Waals surface area contributed by atoms with E-state index in [-0.39, 0.29) is 56.0 Å². The standard InChI is InChI=1S/C15H21NO2Si.C13H13NO3.C10H12INO2.C9H9N.C8H9ClO.2C8H12N2O.C7H8IN.C7H9N.C5H10Si.C4H5ClO3.C3H5ClO2.C2H6O.C2H5O.ClI.H4N2.Na/c1-6-18-15(17)16-14-8-7-12(2)11-13(14)9-10-19(3,4)5;1-3-17-13(16)12(15)10-7-14-11-5-4-8(2)6-9(10)11;1-3-14-10(13)12-9-5-4-7(2)6-8(9)11;1-7-2-3-9-8(6-7)4-5-10-9;1-10-8-4-2-7(6-9)3-5-8;2*1-11-8-4-2-7(3-5-8)6-10-9;1-5-2-3-7(9)6(8)4-5;1-6-2-4-7(8)5-3-6;1-5-6(2,3)4;1-2-8-4(7)3(5)6;1-2-6-3(4)5;2*1-2-3;2*1-2;/h7-8,11H,6H2,1-5H3,(H,16,17);4-7,14H,3H2,1-2H3;4-6H,3H2,1-2H3,(H,12,13);2-6,10H,1H3;2-5H,6H2,1H3;2*2-5,10H,6,9H2,1H3;2-4H,9H2,1H3;2-5H,8H2,1H3;1H,2-4H3;2H2,1H3;2H2,1H3;3H,2H2,1H3;2H2,1H3;;1-2H2;/q;;;;;;;;;;;;;-1;;;+1. The van der Waals surface area contributed by atoms with Gasteiger partial charge in [0.15, 0.2) is 0 Å². The van der Waals surface area contributed by atoms with Crippen LogP contribution in [0.15, 0.2) is 207 Å². The molecule has 2 heterocycles. The minimum atomic E-state index is -1.44. The first-order chi connectivity index (χ1) is 65.9. The van der Waals surface area contributed by atoms with E-state index >= 15 is 0 Å². The van der Waals surface area contributed by atoms with Gasteiger partial charge in [-0.2, -0.15) is 0 Å². The summed E-state index contributed by atoms with van der Waals surface area (Å²) in [5, 5.41) is 22.9. The van der Waals surface area contributed by atoms with Crippen molar-refractivity contribution < 1.29 is 111 Å². The fourth-order valence-corrected chi connectivity index (χ4v) is 11.6. The molecule has 19 N–H and O–H groups in total. The van der Waals surface area contributed by atoms with E-state index in [0.29, 0.717) is 50.0 Å². The number of halogens is 7. The van der Waals surface area contributed by atoms with Crippen LogP contribution >= 0.6 is 110 Å². The first kappa shape index (κ1) is 142. The summed E-state index contributed by atoms with van der Waals surface area (Å²) in [6.45, 7) is 40.0. The van der Waals surface area contributed by atoms with Crippen molar-refractivity contribution in [1.82, 2.24) is 20.8 Å². The van der Waals surface area contributed by atoms with Gasteiger partial charge in [0.05, 0.1) is 71.3 Å². The molecule has 9 aromatic carbocycles. The fraction of sp³-hybridized carbons (Fsp3) is 0.317. The molecule has 0 spiro atoms. The molecule has 11 rings (SSSR count). The smallest absolute Gasteiger partial charge is 0.855 e. The van der Waals surface area contributed by atoms with Crippen LogP contribution in [-0.4, -0.2) is 139 Å². The maximum Gasteiger partial charge on any atom is 1.00 e. The molecule has 39 heteroatoms. The molecule has 0 aliphatic heterocycles. The number of benzene rings is 9. The van der Waals surface area contributed by atoms with Gasteiger partial charge in [-0.3, -0.25) is 54.4 Å². The number of rotatable bonds is 18. The number of carbonyl (C=O) groups is 7. The number of aliphatic hydroxyl groups excluding tert-OH is 1. The van der Waals surface area contributed by atoms with E-state index in [1.165, 1.54) is 33.2 Å². The van der Waals surface area contributed by atoms with E-state index in [2.05, 4.69) is 207 Å². The van der Waals surface area contributed by atoms with Crippen molar-refractivity contribution in [2.75, 3.05) is 89.7 Å². The number of nitrogen functional groups attached to an aromatic ring is 2. The number of carbonyl (C=O) groups excluding carboxylic acids is 7. The molecule has 0 fully saturated rings. The van der Waals surface area contributed by atoms with Crippen LogP contribution in [0, 0.1) is 72.1 Å². The molecule has 0 saturated heterocycles. The second-order valence-corrected chi connectivity index (χ2v) is 42.4. The average Bonchev–Trinajstić information content (AvgIpc) is 1.66. The molecule has 140 heavy (non-hydrogen) atoms. The summed E-state index contributed by atoms with van der Waals surface area (Å²) in [7, 11) is 7.01. The topological polar surface area (TPSA) is 472 Å². The van der Waals surface area contributed by atoms with Crippen molar-refractivity contribution in [2.45, 2.75) is 148 Å². The number of aryl methyl sites for hydroxylation is 6. The second-order valence-electron chi connectivity index (χ2n) is 29.6. The Labute approximate surface area is 911 Å². The Morgan fingerprint density at radius 1 is 0.486 bits per heavy atom. The molecule has 0 aliphatic rings. The number of aliphatic hydroxyl groups is 1. The Kier molecular flexibility index (Phi) is 88.7. The number of alkyl halides is 1. The van der Waals surface area contributed by atoms with Gasteiger partial charge in [-0.05, 0) is 303 Å². The van der Waals surface area contributed by atoms with Gasteiger partial charge in [0.2, 0.25) is 0 Å². The van der Waals surface area contributed by atoms with Crippen molar-refractivity contribution in [3.63, 3.8) is 0 Å². The number of anilines is 4. The van der Waals surface area contributed by atoms with Crippen LogP contribution in [0.3, 0.4) is 0 Å². The number of amides is 2. The van der Waals surface area contributed by atoms with E-state index in [1.807, 2.05) is 198 Å². The van der Waals surface area contributed by atoms with Gasteiger partial charge in [-0.15, -0.1) is 35.7 Å². The van der Waals surface area contributed by atoms with Gasteiger partial charge >= 0.3 is 64.4 Å². The molecule has 0 aliphatic carbocycles. The third-order valence-corrected chi connectivity index (χ3v) is 19.9. The number of aromatic amines is 2. The number of terminal acetylenes is 1. The van der Waals surface area contributed by atoms with Crippen molar-refractivity contribution in [1.29, 1.82) is 0 Å². The largest absolute Gasteiger partial charge is 1.00 e. The summed E-state index contributed by atoms with van der Waals surface area (Å²) >= 11 is 21.0. The molecule has 2 amide bonds. The average molecular weight is 2400 g/mol. The van der Waals surface area contributed by atoms with Gasteiger partial charge in [0.1, 0.15) is 33.4 Å². The van der Waals surface area contributed by atoms with Crippen LogP contribution in [-0.2, 0) is 57.0 Å². The molecule has 0 atom stereocenters. The summed E-state index contributed by atoms with van der Waals surface area (Å²) in [6.07, 6.45) is 7.77. The third kappa shape index (κ3) is 73.9. The van der Waals surface area contributed by atoms with Gasteiger partial charge in [0, 0.05) is 112 Å². The Morgan fingerprint density at radius 2 is 0.857 bits per heavy atom. The predicted octanol–water partition coefficient (Wildman–Crippen LogP) is 19.1. The molecule has 764 valence electrons. The number of nitrogens with two attached hydrogens (primary N) is 6. The molecule has 0 unspecified atom stereocenters. The number of methoxy groups -OCH3 is 3. The molecule has 0 bridgehead atoms. The van der Waals surface area contributed by atoms with Crippen molar-refractivity contribution >= 4 is 212 Å². The molecule has 29 nitrogen and oxygen atoms in total. The van der Waals surface area contributed by atoms with Gasteiger partial charge in [-0.1, -0.05) is 148 Å². The number of ketones is 1. The number of esters is 2. The number of aromatic nitrogens is 2. The zero-order chi connectivity index (χ0) is 107. The first-order valence-electron chi connectivity index (χ1n) is 43.0. The SMILES string of the molecule is C#C[Si](C)(C)C.CCO.CCOC(=O)C(=O)Cl.CCOC(=O)C(=O)c1c[nH]c2ccc(C)cc12.CCOC(=O)Cl.CCOC(=O)Nc1ccc(C)cc1C#C[Si](C)(C)C.CCOC(=O)Nc1ccc(C)cc1I.CC[O-].COc1ccc(CCl)cc1.COc1ccc(CNN)cc1.COc1ccc(CNN)cc1.Cc1ccc(N)c(I)c1.Cc1ccc(N)cc1.Cc1ccc2[nH]ccc2c1.ClI.NN.[Na+]. The quantitative estimate of drug-likeness (QED) is 0.00308.